The molecule has 4 rings (SSSR count). The number of thiophene rings is 1. The van der Waals surface area contributed by atoms with E-state index in [9.17, 15) is 0 Å². The molecule has 2 aromatic rings. The lowest BCUT2D eigenvalue weighted by atomic mass is 10.1. The average molecular weight is 359 g/mol. The maximum atomic E-state index is 5.59. The van der Waals surface area contributed by atoms with E-state index in [0.29, 0.717) is 6.04 Å². The van der Waals surface area contributed by atoms with Gasteiger partial charge >= 0.3 is 0 Å². The Balaban J connectivity index is 1.35. The lowest BCUT2D eigenvalue weighted by molar-refractivity contribution is 0.252. The van der Waals surface area contributed by atoms with Gasteiger partial charge in [0.2, 0.25) is 0 Å². The van der Waals surface area contributed by atoms with E-state index in [1.54, 1.807) is 19.1 Å². The van der Waals surface area contributed by atoms with Gasteiger partial charge in [-0.1, -0.05) is 6.07 Å². The summed E-state index contributed by atoms with van der Waals surface area (Å²) in [4.78, 5) is 4.14. The normalized spacial score (nSPS) is 19.5. The Morgan fingerprint density at radius 1 is 1.20 bits per heavy atom. The quantitative estimate of drug-likeness (QED) is 0.858. The fourth-order valence-corrected chi connectivity index (χ4v) is 5.03. The highest BCUT2D eigenvalue weighted by molar-refractivity contribution is 7.10. The van der Waals surface area contributed by atoms with Crippen LogP contribution in [0.4, 0.5) is 0 Å². The number of hydrogen-bond donors (Lipinski definition) is 1. The molecule has 1 unspecified atom stereocenters. The summed E-state index contributed by atoms with van der Waals surface area (Å²) in [5, 5.41) is 5.98. The van der Waals surface area contributed by atoms with Gasteiger partial charge in [-0.25, -0.2) is 0 Å². The van der Waals surface area contributed by atoms with Crippen molar-refractivity contribution in [1.82, 2.24) is 10.2 Å². The molecule has 0 saturated heterocycles. The van der Waals surface area contributed by atoms with Gasteiger partial charge in [-0.05, 0) is 47.9 Å². The number of nitrogens with zero attached hydrogens (tertiary/aromatic N) is 1. The Bertz CT molecular complexity index is 743. The first-order chi connectivity index (χ1) is 12.3. The van der Waals surface area contributed by atoms with E-state index in [0.717, 1.165) is 44.0 Å². The summed E-state index contributed by atoms with van der Waals surface area (Å²) in [5.74, 6) is 1.74. The minimum atomic E-state index is 0.427. The first kappa shape index (κ1) is 16.9. The first-order valence-corrected chi connectivity index (χ1v) is 9.93. The molecule has 1 aliphatic carbocycles. The van der Waals surface area contributed by atoms with Crippen LogP contribution < -0.4 is 14.8 Å². The summed E-state index contributed by atoms with van der Waals surface area (Å²) >= 11 is 1.91. The van der Waals surface area contributed by atoms with Crippen LogP contribution in [-0.4, -0.2) is 38.8 Å². The summed E-state index contributed by atoms with van der Waals surface area (Å²) in [6, 6.07) is 6.93. The molecule has 1 N–H and O–H groups in total. The minimum absolute atomic E-state index is 0.427. The van der Waals surface area contributed by atoms with Crippen molar-refractivity contribution in [3.63, 3.8) is 0 Å². The smallest absolute Gasteiger partial charge is 0.164 e. The molecular weight excluding hydrogens is 332 g/mol. The predicted molar refractivity (Wildman–Crippen MR) is 102 cm³/mol. The molecule has 2 heterocycles. The molecule has 0 spiro atoms. The van der Waals surface area contributed by atoms with Crippen LogP contribution >= 0.6 is 11.3 Å². The van der Waals surface area contributed by atoms with Crippen LogP contribution in [0.15, 0.2) is 23.6 Å². The Kier molecular flexibility index (Phi) is 4.97. The molecule has 0 saturated carbocycles. The van der Waals surface area contributed by atoms with Crippen LogP contribution in [0.2, 0.25) is 0 Å². The molecule has 1 aromatic heterocycles. The SMILES string of the molecule is COc1ccc2c(c1OC)CCC2NCCN1CCc2sccc2C1. The van der Waals surface area contributed by atoms with E-state index in [1.165, 1.54) is 29.7 Å². The number of hydrogen-bond acceptors (Lipinski definition) is 5. The number of fused-ring (bicyclic) bond motifs is 2. The standard InChI is InChI=1S/C20H26N2O2S/c1-23-18-6-4-15-16(20(18)24-2)3-5-17(15)21-9-11-22-10-7-19-14(13-22)8-12-25-19/h4,6,8,12,17,21H,3,5,7,9-11,13H2,1-2H3. The molecule has 1 aromatic carbocycles. The van der Waals surface area contributed by atoms with E-state index in [1.807, 2.05) is 17.4 Å². The van der Waals surface area contributed by atoms with Gasteiger partial charge < -0.3 is 14.8 Å². The number of nitrogens with one attached hydrogen (secondary N) is 1. The lowest BCUT2D eigenvalue weighted by Crippen LogP contribution is -2.36. The molecule has 4 nitrogen and oxygen atoms in total. The molecule has 0 bridgehead atoms. The van der Waals surface area contributed by atoms with Gasteiger partial charge in [0, 0.05) is 42.7 Å². The second kappa shape index (κ2) is 7.36. The Morgan fingerprint density at radius 3 is 2.96 bits per heavy atom. The van der Waals surface area contributed by atoms with E-state index in [4.69, 9.17) is 9.47 Å². The second-order valence-electron chi connectivity index (χ2n) is 6.81. The van der Waals surface area contributed by atoms with E-state index >= 15 is 0 Å². The maximum Gasteiger partial charge on any atom is 0.164 e. The van der Waals surface area contributed by atoms with Crippen molar-refractivity contribution < 1.29 is 9.47 Å². The number of methoxy groups -OCH3 is 2. The molecule has 0 fully saturated rings. The molecule has 5 heteroatoms. The van der Waals surface area contributed by atoms with Crippen molar-refractivity contribution in [2.45, 2.75) is 31.8 Å². The van der Waals surface area contributed by atoms with Crippen molar-refractivity contribution in [2.24, 2.45) is 0 Å². The van der Waals surface area contributed by atoms with Crippen LogP contribution in [0.3, 0.4) is 0 Å². The molecule has 1 aliphatic heterocycles. The summed E-state index contributed by atoms with van der Waals surface area (Å²) in [5.41, 5.74) is 4.20. The topological polar surface area (TPSA) is 33.7 Å². The Labute approximate surface area is 153 Å². The van der Waals surface area contributed by atoms with Crippen LogP contribution in [0, 0.1) is 0 Å². The summed E-state index contributed by atoms with van der Waals surface area (Å²) in [7, 11) is 3.43. The van der Waals surface area contributed by atoms with Gasteiger partial charge in [-0.2, -0.15) is 0 Å². The zero-order valence-corrected chi connectivity index (χ0v) is 15.8. The van der Waals surface area contributed by atoms with Crippen molar-refractivity contribution in [3.8, 4) is 11.5 Å². The molecule has 0 amide bonds. The van der Waals surface area contributed by atoms with Gasteiger partial charge in [0.1, 0.15) is 0 Å². The summed E-state index contributed by atoms with van der Waals surface area (Å²) in [6.07, 6.45) is 3.39. The number of ether oxygens (including phenoxy) is 2. The third-order valence-electron chi connectivity index (χ3n) is 5.45. The second-order valence-corrected chi connectivity index (χ2v) is 7.81. The minimum Gasteiger partial charge on any atom is -0.493 e. The molecule has 1 atom stereocenters. The molecule has 134 valence electrons. The van der Waals surface area contributed by atoms with Crippen molar-refractivity contribution in [1.29, 1.82) is 0 Å². The highest BCUT2D eigenvalue weighted by atomic mass is 32.1. The summed E-state index contributed by atoms with van der Waals surface area (Å²) < 4.78 is 11.0. The van der Waals surface area contributed by atoms with Crippen LogP contribution in [0.5, 0.6) is 11.5 Å². The monoisotopic (exact) mass is 358 g/mol. The third kappa shape index (κ3) is 3.28. The van der Waals surface area contributed by atoms with E-state index < -0.39 is 0 Å². The fourth-order valence-electron chi connectivity index (χ4n) is 4.14. The van der Waals surface area contributed by atoms with Gasteiger partial charge in [-0.3, -0.25) is 4.90 Å². The van der Waals surface area contributed by atoms with E-state index in [-0.39, 0.29) is 0 Å². The number of benzene rings is 1. The molecule has 25 heavy (non-hydrogen) atoms. The zero-order chi connectivity index (χ0) is 17.2. The highest BCUT2D eigenvalue weighted by Gasteiger charge is 2.27. The summed E-state index contributed by atoms with van der Waals surface area (Å²) in [6.45, 7) is 4.42. The van der Waals surface area contributed by atoms with Crippen molar-refractivity contribution in [2.75, 3.05) is 33.9 Å². The zero-order valence-electron chi connectivity index (χ0n) is 15.0. The Hall–Kier alpha value is -1.56. The third-order valence-corrected chi connectivity index (χ3v) is 6.47. The lowest BCUT2D eigenvalue weighted by Gasteiger charge is -2.27. The maximum absolute atomic E-state index is 5.59. The highest BCUT2D eigenvalue weighted by Crippen LogP contribution is 2.42. The van der Waals surface area contributed by atoms with Gasteiger partial charge in [0.25, 0.3) is 0 Å². The molecule has 2 aliphatic rings. The molecule has 0 radical (unpaired) electrons. The van der Waals surface area contributed by atoms with Crippen molar-refractivity contribution in [3.05, 3.63) is 45.1 Å². The van der Waals surface area contributed by atoms with Gasteiger partial charge in [0.15, 0.2) is 11.5 Å². The average Bonchev–Trinajstić information content (AvgIpc) is 3.27. The molecular formula is C20H26N2O2S. The van der Waals surface area contributed by atoms with Crippen LogP contribution in [0.1, 0.15) is 34.0 Å². The van der Waals surface area contributed by atoms with Crippen LogP contribution in [0.25, 0.3) is 0 Å². The largest absolute Gasteiger partial charge is 0.493 e. The predicted octanol–water partition coefficient (Wildman–Crippen LogP) is 3.40. The van der Waals surface area contributed by atoms with Gasteiger partial charge in [0.05, 0.1) is 14.2 Å². The van der Waals surface area contributed by atoms with Gasteiger partial charge in [-0.15, -0.1) is 11.3 Å². The number of rotatable bonds is 6. The fraction of sp³-hybridized carbons (Fsp3) is 0.500. The first-order valence-electron chi connectivity index (χ1n) is 9.05. The van der Waals surface area contributed by atoms with Crippen LogP contribution in [-0.2, 0) is 19.4 Å². The van der Waals surface area contributed by atoms with Crippen molar-refractivity contribution >= 4 is 11.3 Å². The van der Waals surface area contributed by atoms with E-state index in [2.05, 4.69) is 27.7 Å². The Morgan fingerprint density at radius 2 is 2.12 bits per heavy atom.